The van der Waals surface area contributed by atoms with Gasteiger partial charge in [0, 0.05) is 24.7 Å². The van der Waals surface area contributed by atoms with Crippen LogP contribution in [0.5, 0.6) is 0 Å². The molecule has 36 heavy (non-hydrogen) atoms. The number of carboxylic acids is 1. The number of halogens is 2. The van der Waals surface area contributed by atoms with Crippen molar-refractivity contribution in [2.45, 2.75) is 38.3 Å². The number of rotatable bonds is 10. The Hall–Kier alpha value is -3.56. The predicted molar refractivity (Wildman–Crippen MR) is 135 cm³/mol. The van der Waals surface area contributed by atoms with Gasteiger partial charge in [0.15, 0.2) is 0 Å². The van der Waals surface area contributed by atoms with Crippen LogP contribution in [0.15, 0.2) is 52.7 Å². The lowest BCUT2D eigenvalue weighted by molar-refractivity contribution is -0.139. The molecule has 0 radical (unpaired) electrons. The van der Waals surface area contributed by atoms with Gasteiger partial charge < -0.3 is 25.5 Å². The third-order valence-electron chi connectivity index (χ3n) is 5.39. The van der Waals surface area contributed by atoms with Crippen LogP contribution >= 0.6 is 23.2 Å². The van der Waals surface area contributed by atoms with E-state index in [0.717, 1.165) is 19.3 Å². The van der Waals surface area contributed by atoms with Crippen LogP contribution in [0.4, 0.5) is 0 Å². The summed E-state index contributed by atoms with van der Waals surface area (Å²) in [6.07, 6.45) is 9.50. The Kier molecular flexibility index (Phi) is 9.72. The smallest absolute Gasteiger partial charge is 0.328 e. The molecule has 4 N–H and O–H groups in total. The number of hydrogen-bond acceptors (Lipinski definition) is 5. The largest absolute Gasteiger partial charge is 0.480 e. The first kappa shape index (κ1) is 27.0. The Morgan fingerprint density at radius 1 is 1.08 bits per heavy atom. The van der Waals surface area contributed by atoms with Crippen LogP contribution in [-0.4, -0.2) is 41.4 Å². The number of benzene rings is 1. The minimum Gasteiger partial charge on any atom is -0.480 e. The Morgan fingerprint density at radius 2 is 1.83 bits per heavy atom. The standard InChI is InChI=1S/C25H25Cl2N3O6/c26-18-11-15(13-28-21(31)9-8-17-7-4-10-36-17)12-19(27)22(18)24(33)30-20(25(34)35)14-29-23(32)16-5-2-1-3-6-16/h4-5,7-12,20H,1-3,6,13-14H2,(H,28,31)(H,29,32)(H,30,33)(H,34,35)/t20-/m0/s1. The molecule has 0 aliphatic heterocycles. The quantitative estimate of drug-likeness (QED) is 0.343. The van der Waals surface area contributed by atoms with Crippen molar-refractivity contribution in [1.82, 2.24) is 16.0 Å². The van der Waals surface area contributed by atoms with Gasteiger partial charge in [0.2, 0.25) is 11.8 Å². The zero-order valence-electron chi connectivity index (χ0n) is 19.2. The molecule has 0 saturated carbocycles. The van der Waals surface area contributed by atoms with Gasteiger partial charge in [-0.3, -0.25) is 14.4 Å². The van der Waals surface area contributed by atoms with Gasteiger partial charge in [0.1, 0.15) is 11.8 Å². The van der Waals surface area contributed by atoms with Crippen molar-refractivity contribution in [2.75, 3.05) is 6.54 Å². The Balaban J connectivity index is 1.59. The fourth-order valence-corrected chi connectivity index (χ4v) is 4.22. The Bertz CT molecular complexity index is 1170. The summed E-state index contributed by atoms with van der Waals surface area (Å²) in [5.74, 6) is -2.33. The molecule has 0 fully saturated rings. The monoisotopic (exact) mass is 533 g/mol. The van der Waals surface area contributed by atoms with Gasteiger partial charge in [-0.2, -0.15) is 0 Å². The van der Waals surface area contributed by atoms with E-state index in [1.807, 2.05) is 6.08 Å². The highest BCUT2D eigenvalue weighted by molar-refractivity contribution is 6.39. The average molecular weight is 534 g/mol. The molecule has 11 heteroatoms. The second-order valence-corrected chi connectivity index (χ2v) is 8.86. The minimum absolute atomic E-state index is 0.0177. The zero-order valence-corrected chi connectivity index (χ0v) is 20.7. The van der Waals surface area contributed by atoms with E-state index in [0.29, 0.717) is 23.3 Å². The van der Waals surface area contributed by atoms with Gasteiger partial charge in [-0.15, -0.1) is 0 Å². The second kappa shape index (κ2) is 12.9. The fraction of sp³-hybridized carbons (Fsp3) is 0.280. The fourth-order valence-electron chi connectivity index (χ4n) is 3.52. The molecule has 0 bridgehead atoms. The van der Waals surface area contributed by atoms with Gasteiger partial charge in [-0.25, -0.2) is 4.79 Å². The molecule has 3 rings (SSSR count). The van der Waals surface area contributed by atoms with E-state index in [4.69, 9.17) is 27.6 Å². The summed E-state index contributed by atoms with van der Waals surface area (Å²) >= 11 is 12.5. The second-order valence-electron chi connectivity index (χ2n) is 8.05. The van der Waals surface area contributed by atoms with E-state index in [1.165, 1.54) is 30.5 Å². The Labute approximate surface area is 217 Å². The number of carboxylic acid groups (broad SMARTS) is 1. The molecule has 1 aromatic carbocycles. The maximum atomic E-state index is 12.8. The SMILES string of the molecule is O=C(C=Cc1ccco1)NCc1cc(Cl)c(C(=O)N[C@@H](CNC(=O)C2=CCCCC2)C(=O)O)c(Cl)c1. The molecule has 9 nitrogen and oxygen atoms in total. The van der Waals surface area contributed by atoms with Crippen LogP contribution in [0, 0.1) is 0 Å². The first-order valence-electron chi connectivity index (χ1n) is 11.2. The Morgan fingerprint density at radius 3 is 2.44 bits per heavy atom. The van der Waals surface area contributed by atoms with E-state index >= 15 is 0 Å². The summed E-state index contributed by atoms with van der Waals surface area (Å²) in [5, 5.41) is 17.0. The highest BCUT2D eigenvalue weighted by Gasteiger charge is 2.25. The van der Waals surface area contributed by atoms with Crippen LogP contribution in [0.3, 0.4) is 0 Å². The van der Waals surface area contributed by atoms with Crippen molar-refractivity contribution >= 4 is 53.0 Å². The summed E-state index contributed by atoms with van der Waals surface area (Å²) in [6, 6.07) is 4.91. The molecule has 1 aliphatic rings. The predicted octanol–water partition coefficient (Wildman–Crippen LogP) is 3.72. The first-order valence-corrected chi connectivity index (χ1v) is 12.0. The number of allylic oxidation sites excluding steroid dienone is 1. The molecule has 2 aromatic rings. The van der Waals surface area contributed by atoms with Gasteiger partial charge in [0.25, 0.3) is 5.91 Å². The lowest BCUT2D eigenvalue weighted by Crippen LogP contribution is -2.48. The summed E-state index contributed by atoms with van der Waals surface area (Å²) in [5.41, 5.74) is 1.03. The number of amides is 3. The van der Waals surface area contributed by atoms with E-state index < -0.39 is 17.9 Å². The number of furan rings is 1. The van der Waals surface area contributed by atoms with Crippen molar-refractivity contribution in [3.63, 3.8) is 0 Å². The van der Waals surface area contributed by atoms with E-state index in [2.05, 4.69) is 16.0 Å². The topological polar surface area (TPSA) is 138 Å². The van der Waals surface area contributed by atoms with Gasteiger partial charge >= 0.3 is 5.97 Å². The molecule has 1 aromatic heterocycles. The summed E-state index contributed by atoms with van der Waals surface area (Å²) in [7, 11) is 0. The number of hydrogen-bond donors (Lipinski definition) is 4. The number of nitrogens with one attached hydrogen (secondary N) is 3. The molecule has 1 heterocycles. The lowest BCUT2D eigenvalue weighted by atomic mass is 9.99. The lowest BCUT2D eigenvalue weighted by Gasteiger charge is -2.18. The van der Waals surface area contributed by atoms with Crippen molar-refractivity contribution in [2.24, 2.45) is 0 Å². The highest BCUT2D eigenvalue weighted by Crippen LogP contribution is 2.27. The van der Waals surface area contributed by atoms with Crippen molar-refractivity contribution < 1.29 is 28.7 Å². The van der Waals surface area contributed by atoms with Crippen molar-refractivity contribution in [1.29, 1.82) is 0 Å². The molecule has 0 saturated heterocycles. The summed E-state index contributed by atoms with van der Waals surface area (Å²) in [4.78, 5) is 48.7. The number of aliphatic carboxylic acids is 1. The molecule has 1 atom stereocenters. The van der Waals surface area contributed by atoms with E-state index in [1.54, 1.807) is 12.1 Å². The molecule has 0 spiro atoms. The third kappa shape index (κ3) is 7.73. The van der Waals surface area contributed by atoms with Crippen LogP contribution in [0.25, 0.3) is 6.08 Å². The van der Waals surface area contributed by atoms with Crippen LogP contribution in [-0.2, 0) is 20.9 Å². The summed E-state index contributed by atoms with van der Waals surface area (Å²) in [6.45, 7) is -0.218. The summed E-state index contributed by atoms with van der Waals surface area (Å²) < 4.78 is 5.11. The van der Waals surface area contributed by atoms with Gasteiger partial charge in [-0.05, 0) is 61.6 Å². The molecule has 3 amide bonds. The van der Waals surface area contributed by atoms with Gasteiger partial charge in [-0.1, -0.05) is 29.3 Å². The number of carbonyl (C=O) groups excluding carboxylic acids is 3. The minimum atomic E-state index is -1.39. The van der Waals surface area contributed by atoms with E-state index in [9.17, 15) is 24.3 Å². The molecular formula is C25H25Cl2N3O6. The normalized spacial score (nSPS) is 14.1. The van der Waals surface area contributed by atoms with Crippen molar-refractivity contribution in [3.05, 3.63) is 75.2 Å². The van der Waals surface area contributed by atoms with E-state index in [-0.39, 0.29) is 40.5 Å². The van der Waals surface area contributed by atoms with Crippen LogP contribution in [0.1, 0.15) is 47.4 Å². The maximum Gasteiger partial charge on any atom is 0.328 e. The maximum absolute atomic E-state index is 12.8. The molecule has 0 unspecified atom stereocenters. The van der Waals surface area contributed by atoms with Gasteiger partial charge in [0.05, 0.1) is 21.9 Å². The van der Waals surface area contributed by atoms with Crippen molar-refractivity contribution in [3.8, 4) is 0 Å². The average Bonchev–Trinajstić information content (AvgIpc) is 3.37. The number of carbonyl (C=O) groups is 4. The van der Waals surface area contributed by atoms with Crippen LogP contribution < -0.4 is 16.0 Å². The van der Waals surface area contributed by atoms with Crippen LogP contribution in [0.2, 0.25) is 10.0 Å². The molecule has 1 aliphatic carbocycles. The zero-order chi connectivity index (χ0) is 26.1. The first-order chi connectivity index (χ1) is 17.2. The molecular weight excluding hydrogens is 509 g/mol. The molecule has 190 valence electrons. The third-order valence-corrected chi connectivity index (χ3v) is 5.99. The highest BCUT2D eigenvalue weighted by atomic mass is 35.5.